The van der Waals surface area contributed by atoms with Crippen molar-refractivity contribution in [1.82, 2.24) is 15.3 Å². The number of rotatable bonds is 5. The molecule has 0 unspecified atom stereocenters. The maximum absolute atomic E-state index is 12.7. The Balaban J connectivity index is 1.80. The second kappa shape index (κ2) is 8.83. The van der Waals surface area contributed by atoms with Crippen LogP contribution in [0.2, 0.25) is 0 Å². The number of fused-ring (bicyclic) bond motifs is 1. The average Bonchev–Trinajstić information content (AvgIpc) is 2.78. The maximum Gasteiger partial charge on any atom is 0.254 e. The Kier molecular flexibility index (Phi) is 5.79. The van der Waals surface area contributed by atoms with Crippen LogP contribution in [0.15, 0.2) is 55.0 Å². The molecule has 2 aromatic heterocycles. The zero-order chi connectivity index (χ0) is 21.8. The van der Waals surface area contributed by atoms with Gasteiger partial charge in [0.05, 0.1) is 17.8 Å². The quantitative estimate of drug-likeness (QED) is 0.663. The fraction of sp³-hybridized carbons (Fsp3) is 0.217. The van der Waals surface area contributed by atoms with Crippen LogP contribution in [-0.4, -0.2) is 42.0 Å². The fourth-order valence-electron chi connectivity index (χ4n) is 3.58. The Hall–Kier alpha value is -3.94. The minimum atomic E-state index is -0.225. The zero-order valence-corrected chi connectivity index (χ0v) is 17.4. The normalized spacial score (nSPS) is 12.5. The number of amides is 2. The largest absolute Gasteiger partial charge is 0.489 e. The molecule has 0 fully saturated rings. The van der Waals surface area contributed by atoms with E-state index in [1.807, 2.05) is 30.5 Å². The zero-order valence-electron chi connectivity index (χ0n) is 17.4. The molecule has 0 atom stereocenters. The van der Waals surface area contributed by atoms with Crippen molar-refractivity contribution in [2.24, 2.45) is 0 Å². The highest BCUT2D eigenvalue weighted by atomic mass is 16.5. The molecule has 0 aliphatic carbocycles. The summed E-state index contributed by atoms with van der Waals surface area (Å²) >= 11 is 0. The van der Waals surface area contributed by atoms with Gasteiger partial charge in [0, 0.05) is 39.1 Å². The lowest BCUT2D eigenvalue weighted by molar-refractivity contribution is -0.114. The lowest BCUT2D eigenvalue weighted by atomic mass is 9.99. The van der Waals surface area contributed by atoms with Crippen LogP contribution >= 0.6 is 0 Å². The summed E-state index contributed by atoms with van der Waals surface area (Å²) in [7, 11) is 1.60. The lowest BCUT2D eigenvalue weighted by Gasteiger charge is -2.33. The van der Waals surface area contributed by atoms with E-state index in [-0.39, 0.29) is 11.8 Å². The molecule has 3 heterocycles. The van der Waals surface area contributed by atoms with Gasteiger partial charge in [-0.2, -0.15) is 0 Å². The van der Waals surface area contributed by atoms with Crippen molar-refractivity contribution >= 4 is 23.3 Å². The number of aromatic nitrogens is 2. The molecule has 2 amide bonds. The Bertz CT molecular complexity index is 1120. The van der Waals surface area contributed by atoms with Gasteiger partial charge in [-0.05, 0) is 47.0 Å². The fourth-order valence-corrected chi connectivity index (χ4v) is 3.58. The topological polar surface area (TPSA) is 96.5 Å². The third kappa shape index (κ3) is 4.48. The molecule has 0 bridgehead atoms. The minimum Gasteiger partial charge on any atom is -0.489 e. The van der Waals surface area contributed by atoms with Gasteiger partial charge >= 0.3 is 0 Å². The number of nitrogens with one attached hydrogen (secondary N) is 2. The first kappa shape index (κ1) is 20.3. The van der Waals surface area contributed by atoms with Crippen LogP contribution in [0.25, 0.3) is 11.1 Å². The number of anilines is 2. The SMILES string of the molecule is CNC(=O)c1cc(-c2ccnc(NC(C)=O)c2)cc2c1OCCN2Cc1cccnc1. The molecule has 0 saturated heterocycles. The van der Waals surface area contributed by atoms with Gasteiger partial charge in [0.25, 0.3) is 5.91 Å². The second-order valence-electron chi connectivity index (χ2n) is 7.19. The van der Waals surface area contributed by atoms with Crippen molar-refractivity contribution in [2.45, 2.75) is 13.5 Å². The molecule has 31 heavy (non-hydrogen) atoms. The standard InChI is InChI=1S/C23H23N5O3/c1-15(29)27-21-12-17(5-7-26-21)18-10-19(23(30)24-2)22-20(11-18)28(8-9-31-22)14-16-4-3-6-25-13-16/h3-7,10-13H,8-9,14H2,1-2H3,(H,24,30)(H,26,27,29). The number of hydrogen-bond donors (Lipinski definition) is 2. The average molecular weight is 417 g/mol. The van der Waals surface area contributed by atoms with Crippen molar-refractivity contribution in [3.05, 3.63) is 66.1 Å². The van der Waals surface area contributed by atoms with E-state index in [0.717, 1.165) is 22.4 Å². The molecular formula is C23H23N5O3. The Morgan fingerprint density at radius 1 is 1.16 bits per heavy atom. The van der Waals surface area contributed by atoms with E-state index in [9.17, 15) is 9.59 Å². The van der Waals surface area contributed by atoms with Crippen molar-refractivity contribution in [3.63, 3.8) is 0 Å². The molecule has 0 saturated carbocycles. The number of pyridine rings is 2. The first-order valence-electron chi connectivity index (χ1n) is 9.96. The summed E-state index contributed by atoms with van der Waals surface area (Å²) in [6.45, 7) is 3.25. The Morgan fingerprint density at radius 2 is 2.03 bits per heavy atom. The first-order valence-corrected chi connectivity index (χ1v) is 9.96. The first-order chi connectivity index (χ1) is 15.0. The van der Waals surface area contributed by atoms with Gasteiger partial charge in [0.1, 0.15) is 12.4 Å². The van der Waals surface area contributed by atoms with E-state index in [1.54, 1.807) is 31.6 Å². The predicted molar refractivity (Wildman–Crippen MR) is 118 cm³/mol. The Labute approximate surface area is 180 Å². The molecule has 158 valence electrons. The van der Waals surface area contributed by atoms with Gasteiger partial charge < -0.3 is 20.3 Å². The van der Waals surface area contributed by atoms with Crippen molar-refractivity contribution in [2.75, 3.05) is 30.4 Å². The number of nitrogens with zero attached hydrogens (tertiary/aromatic N) is 3. The van der Waals surface area contributed by atoms with E-state index in [2.05, 4.69) is 25.5 Å². The number of benzene rings is 1. The third-order valence-corrected chi connectivity index (χ3v) is 4.98. The van der Waals surface area contributed by atoms with E-state index >= 15 is 0 Å². The summed E-state index contributed by atoms with van der Waals surface area (Å²) in [5.41, 5.74) is 4.03. The molecule has 0 radical (unpaired) electrons. The molecule has 4 rings (SSSR count). The summed E-state index contributed by atoms with van der Waals surface area (Å²) in [6, 6.07) is 11.4. The summed E-state index contributed by atoms with van der Waals surface area (Å²) < 4.78 is 5.93. The molecule has 2 N–H and O–H groups in total. The smallest absolute Gasteiger partial charge is 0.254 e. The molecule has 8 heteroatoms. The highest BCUT2D eigenvalue weighted by molar-refractivity contribution is 6.01. The molecule has 0 spiro atoms. The molecule has 3 aromatic rings. The van der Waals surface area contributed by atoms with Crippen LogP contribution in [-0.2, 0) is 11.3 Å². The summed E-state index contributed by atoms with van der Waals surface area (Å²) in [6.07, 6.45) is 5.21. The highest BCUT2D eigenvalue weighted by Crippen LogP contribution is 2.40. The van der Waals surface area contributed by atoms with Gasteiger partial charge in [-0.25, -0.2) is 4.98 Å². The van der Waals surface area contributed by atoms with Crippen molar-refractivity contribution in [3.8, 4) is 16.9 Å². The molecule has 1 aliphatic rings. The number of carbonyl (C=O) groups excluding carboxylic acids is 2. The molecule has 1 aromatic carbocycles. The van der Waals surface area contributed by atoms with E-state index in [0.29, 0.717) is 36.8 Å². The maximum atomic E-state index is 12.7. The molecule has 8 nitrogen and oxygen atoms in total. The van der Waals surface area contributed by atoms with Gasteiger partial charge in [0.15, 0.2) is 5.75 Å². The summed E-state index contributed by atoms with van der Waals surface area (Å²) in [5, 5.41) is 5.39. The van der Waals surface area contributed by atoms with E-state index in [4.69, 9.17) is 4.74 Å². The number of hydrogen-bond acceptors (Lipinski definition) is 6. The Morgan fingerprint density at radius 3 is 2.77 bits per heavy atom. The molecule has 1 aliphatic heterocycles. The van der Waals surface area contributed by atoms with Crippen LogP contribution in [0, 0.1) is 0 Å². The van der Waals surface area contributed by atoms with Gasteiger partial charge in [-0.3, -0.25) is 14.6 Å². The van der Waals surface area contributed by atoms with Crippen molar-refractivity contribution < 1.29 is 14.3 Å². The van der Waals surface area contributed by atoms with Crippen LogP contribution < -0.4 is 20.3 Å². The van der Waals surface area contributed by atoms with Gasteiger partial charge in [0.2, 0.25) is 5.91 Å². The van der Waals surface area contributed by atoms with Crippen LogP contribution in [0.3, 0.4) is 0 Å². The summed E-state index contributed by atoms with van der Waals surface area (Å²) in [5.74, 6) is 0.594. The second-order valence-corrected chi connectivity index (χ2v) is 7.19. The van der Waals surface area contributed by atoms with Crippen LogP contribution in [0.4, 0.5) is 11.5 Å². The third-order valence-electron chi connectivity index (χ3n) is 4.98. The highest BCUT2D eigenvalue weighted by Gasteiger charge is 2.25. The van der Waals surface area contributed by atoms with Gasteiger partial charge in [-0.1, -0.05) is 6.07 Å². The number of carbonyl (C=O) groups is 2. The van der Waals surface area contributed by atoms with Crippen LogP contribution in [0.5, 0.6) is 5.75 Å². The van der Waals surface area contributed by atoms with Crippen molar-refractivity contribution in [1.29, 1.82) is 0 Å². The van der Waals surface area contributed by atoms with E-state index in [1.165, 1.54) is 6.92 Å². The van der Waals surface area contributed by atoms with Crippen LogP contribution in [0.1, 0.15) is 22.8 Å². The predicted octanol–water partition coefficient (Wildman–Crippen LogP) is 2.86. The molecular weight excluding hydrogens is 394 g/mol. The minimum absolute atomic E-state index is 0.197. The van der Waals surface area contributed by atoms with E-state index < -0.39 is 0 Å². The summed E-state index contributed by atoms with van der Waals surface area (Å²) in [4.78, 5) is 34.6. The monoisotopic (exact) mass is 417 g/mol. The lowest BCUT2D eigenvalue weighted by Crippen LogP contribution is -2.33. The number of ether oxygens (including phenoxy) is 1. The van der Waals surface area contributed by atoms with Gasteiger partial charge in [-0.15, -0.1) is 0 Å².